The van der Waals surface area contributed by atoms with Crippen molar-refractivity contribution in [2.45, 2.75) is 6.92 Å². The Balaban J connectivity index is 1.74. The minimum absolute atomic E-state index is 0.575. The highest BCUT2D eigenvalue weighted by atomic mass is 16.3. The van der Waals surface area contributed by atoms with Gasteiger partial charge in [0.15, 0.2) is 11.6 Å². The van der Waals surface area contributed by atoms with E-state index in [1.807, 2.05) is 19.2 Å². The van der Waals surface area contributed by atoms with Crippen LogP contribution in [0, 0.1) is 6.92 Å². The minimum Gasteiger partial charge on any atom is -0.463 e. The number of hydrogen-bond acceptors (Lipinski definition) is 6. The van der Waals surface area contributed by atoms with Crippen LogP contribution in [0.25, 0.3) is 5.82 Å². The van der Waals surface area contributed by atoms with E-state index in [1.54, 1.807) is 35.5 Å². The molecular formula is C13H12N6O. The first-order valence-electron chi connectivity index (χ1n) is 5.97. The highest BCUT2D eigenvalue weighted by Crippen LogP contribution is 2.09. The Kier molecular flexibility index (Phi) is 3.24. The predicted octanol–water partition coefficient (Wildman–Crippen LogP) is 2.01. The molecule has 100 valence electrons. The topological polar surface area (TPSA) is 81.1 Å². The molecule has 0 aliphatic carbocycles. The zero-order chi connectivity index (χ0) is 13.8. The van der Waals surface area contributed by atoms with Gasteiger partial charge in [0.1, 0.15) is 12.1 Å². The molecule has 0 amide bonds. The molecule has 0 fully saturated rings. The number of aryl methyl sites for hydroxylation is 1. The molecule has 0 aliphatic rings. The predicted molar refractivity (Wildman–Crippen MR) is 73.8 cm³/mol. The summed E-state index contributed by atoms with van der Waals surface area (Å²) in [6.07, 6.45) is 8.27. The van der Waals surface area contributed by atoms with Crippen molar-refractivity contribution in [3.63, 3.8) is 0 Å². The summed E-state index contributed by atoms with van der Waals surface area (Å²) in [6.45, 7) is 1.97. The van der Waals surface area contributed by atoms with Crippen LogP contribution in [0.2, 0.25) is 0 Å². The van der Waals surface area contributed by atoms with Crippen LogP contribution in [0.4, 0.5) is 5.82 Å². The molecular weight excluding hydrogens is 256 g/mol. The van der Waals surface area contributed by atoms with Gasteiger partial charge >= 0.3 is 0 Å². The van der Waals surface area contributed by atoms with Gasteiger partial charge in [-0.1, -0.05) is 0 Å². The van der Waals surface area contributed by atoms with Gasteiger partial charge in [-0.2, -0.15) is 10.2 Å². The smallest absolute Gasteiger partial charge is 0.158 e. The number of nitrogens with one attached hydrogen (secondary N) is 1. The maximum atomic E-state index is 5.13. The molecule has 3 aromatic heterocycles. The molecule has 0 bridgehead atoms. The summed E-state index contributed by atoms with van der Waals surface area (Å²) in [4.78, 5) is 8.24. The molecule has 0 unspecified atom stereocenters. The number of rotatable bonds is 4. The summed E-state index contributed by atoms with van der Waals surface area (Å²) in [7, 11) is 0. The van der Waals surface area contributed by atoms with Gasteiger partial charge in [-0.25, -0.2) is 14.6 Å². The maximum Gasteiger partial charge on any atom is 0.158 e. The molecule has 0 aromatic carbocycles. The fraction of sp³-hybridized carbons (Fsp3) is 0.0769. The van der Waals surface area contributed by atoms with Gasteiger partial charge in [0, 0.05) is 12.3 Å². The van der Waals surface area contributed by atoms with E-state index in [0.29, 0.717) is 17.4 Å². The standard InChI is InChI=1S/C13H12N6O/c1-10-6-17-19(8-10)13-5-12(14-9-15-13)18-16-7-11-3-2-4-20-11/h2-9H,1H3,(H,14,15,18)/b16-7-. The van der Waals surface area contributed by atoms with Crippen LogP contribution in [0.3, 0.4) is 0 Å². The van der Waals surface area contributed by atoms with Crippen molar-refractivity contribution in [3.8, 4) is 5.82 Å². The lowest BCUT2D eigenvalue weighted by Crippen LogP contribution is -2.01. The largest absolute Gasteiger partial charge is 0.463 e. The van der Waals surface area contributed by atoms with Crippen LogP contribution in [0.5, 0.6) is 0 Å². The molecule has 0 atom stereocenters. The Bertz CT molecular complexity index is 716. The van der Waals surface area contributed by atoms with Gasteiger partial charge in [0.25, 0.3) is 0 Å². The second kappa shape index (κ2) is 5.35. The van der Waals surface area contributed by atoms with Crippen molar-refractivity contribution >= 4 is 12.0 Å². The van der Waals surface area contributed by atoms with Crippen LogP contribution in [-0.4, -0.2) is 26.0 Å². The monoisotopic (exact) mass is 268 g/mol. The fourth-order valence-electron chi connectivity index (χ4n) is 1.60. The van der Waals surface area contributed by atoms with E-state index in [4.69, 9.17) is 4.42 Å². The molecule has 3 rings (SSSR count). The van der Waals surface area contributed by atoms with Crippen LogP contribution >= 0.6 is 0 Å². The third kappa shape index (κ3) is 2.72. The molecule has 3 heterocycles. The second-order valence-corrected chi connectivity index (χ2v) is 4.11. The van der Waals surface area contributed by atoms with E-state index in [0.717, 1.165) is 5.56 Å². The Morgan fingerprint density at radius 1 is 1.40 bits per heavy atom. The van der Waals surface area contributed by atoms with E-state index in [1.165, 1.54) is 6.33 Å². The van der Waals surface area contributed by atoms with Crippen molar-refractivity contribution < 1.29 is 4.42 Å². The SMILES string of the molecule is Cc1cnn(-c2cc(N/N=C\c3ccco3)ncn2)c1. The number of anilines is 1. The Labute approximate surface area is 115 Å². The third-order valence-electron chi connectivity index (χ3n) is 2.51. The zero-order valence-electron chi connectivity index (χ0n) is 10.8. The summed E-state index contributed by atoms with van der Waals surface area (Å²) in [5, 5.41) is 8.23. The lowest BCUT2D eigenvalue weighted by atomic mass is 10.4. The van der Waals surface area contributed by atoms with Gasteiger partial charge in [0.2, 0.25) is 0 Å². The molecule has 0 aliphatic heterocycles. The van der Waals surface area contributed by atoms with Crippen LogP contribution < -0.4 is 5.43 Å². The summed E-state index contributed by atoms with van der Waals surface area (Å²) in [5.74, 6) is 1.91. The molecule has 7 heteroatoms. The Morgan fingerprint density at radius 3 is 3.10 bits per heavy atom. The number of hydrazone groups is 1. The first-order chi connectivity index (χ1) is 9.81. The molecule has 3 aromatic rings. The highest BCUT2D eigenvalue weighted by molar-refractivity contribution is 5.76. The summed E-state index contributed by atoms with van der Waals surface area (Å²) < 4.78 is 6.81. The average molecular weight is 268 g/mol. The number of furan rings is 1. The average Bonchev–Trinajstić information content (AvgIpc) is 3.11. The van der Waals surface area contributed by atoms with Gasteiger partial charge in [-0.15, -0.1) is 0 Å². The number of nitrogens with zero attached hydrogens (tertiary/aromatic N) is 5. The molecule has 0 radical (unpaired) electrons. The lowest BCUT2D eigenvalue weighted by molar-refractivity contribution is 0.560. The Morgan fingerprint density at radius 2 is 2.35 bits per heavy atom. The lowest BCUT2D eigenvalue weighted by Gasteiger charge is -2.02. The van der Waals surface area contributed by atoms with E-state index < -0.39 is 0 Å². The van der Waals surface area contributed by atoms with Crippen molar-refractivity contribution in [2.75, 3.05) is 5.43 Å². The van der Waals surface area contributed by atoms with Crippen LogP contribution in [0.1, 0.15) is 11.3 Å². The normalized spacial score (nSPS) is 11.1. The summed E-state index contributed by atoms with van der Waals surface area (Å²) in [6, 6.07) is 5.36. The second-order valence-electron chi connectivity index (χ2n) is 4.11. The molecule has 7 nitrogen and oxygen atoms in total. The first kappa shape index (κ1) is 12.1. The van der Waals surface area contributed by atoms with Crippen molar-refractivity contribution in [1.82, 2.24) is 19.7 Å². The van der Waals surface area contributed by atoms with Gasteiger partial charge < -0.3 is 4.42 Å². The van der Waals surface area contributed by atoms with Gasteiger partial charge in [-0.05, 0) is 24.6 Å². The first-order valence-corrected chi connectivity index (χ1v) is 5.97. The van der Waals surface area contributed by atoms with Crippen LogP contribution in [0.15, 0.2) is 52.7 Å². The third-order valence-corrected chi connectivity index (χ3v) is 2.51. The van der Waals surface area contributed by atoms with Crippen molar-refractivity contribution in [1.29, 1.82) is 0 Å². The fourth-order valence-corrected chi connectivity index (χ4v) is 1.60. The van der Waals surface area contributed by atoms with E-state index in [2.05, 4.69) is 25.6 Å². The quantitative estimate of drug-likeness (QED) is 0.578. The molecule has 0 spiro atoms. The molecule has 20 heavy (non-hydrogen) atoms. The Hall–Kier alpha value is -2.96. The van der Waals surface area contributed by atoms with Crippen molar-refractivity contribution in [2.24, 2.45) is 5.10 Å². The summed E-state index contributed by atoms with van der Waals surface area (Å²) in [5.41, 5.74) is 3.88. The molecule has 1 N–H and O–H groups in total. The minimum atomic E-state index is 0.575. The zero-order valence-corrected chi connectivity index (χ0v) is 10.8. The van der Waals surface area contributed by atoms with E-state index in [9.17, 15) is 0 Å². The van der Waals surface area contributed by atoms with E-state index >= 15 is 0 Å². The van der Waals surface area contributed by atoms with Gasteiger partial charge in [0.05, 0.1) is 18.7 Å². The van der Waals surface area contributed by atoms with E-state index in [-0.39, 0.29) is 0 Å². The van der Waals surface area contributed by atoms with Gasteiger partial charge in [-0.3, -0.25) is 5.43 Å². The molecule has 0 saturated carbocycles. The summed E-state index contributed by atoms with van der Waals surface area (Å²) >= 11 is 0. The number of hydrogen-bond donors (Lipinski definition) is 1. The van der Waals surface area contributed by atoms with Crippen LogP contribution in [-0.2, 0) is 0 Å². The van der Waals surface area contributed by atoms with Crippen molar-refractivity contribution in [3.05, 3.63) is 54.5 Å². The maximum absolute atomic E-state index is 5.13. The number of aromatic nitrogens is 4. The highest BCUT2D eigenvalue weighted by Gasteiger charge is 2.01. The molecule has 0 saturated heterocycles.